The summed E-state index contributed by atoms with van der Waals surface area (Å²) in [5, 5.41) is 17.7. The molecule has 0 aliphatic carbocycles. The van der Waals surface area contributed by atoms with Crippen molar-refractivity contribution < 1.29 is 14.7 Å². The zero-order valence-electron chi connectivity index (χ0n) is 13.4. The smallest absolute Gasteiger partial charge is 0.326 e. The number of carbonyl (C=O) groups is 2. The van der Waals surface area contributed by atoms with E-state index in [0.29, 0.717) is 12.1 Å². The van der Waals surface area contributed by atoms with Crippen molar-refractivity contribution in [1.82, 2.24) is 15.1 Å². The first-order valence-corrected chi connectivity index (χ1v) is 8.44. The van der Waals surface area contributed by atoms with Crippen molar-refractivity contribution in [2.75, 3.05) is 0 Å². The van der Waals surface area contributed by atoms with Gasteiger partial charge in [0.15, 0.2) is 0 Å². The number of nitrogens with zero attached hydrogens (tertiary/aromatic N) is 2. The zero-order valence-corrected chi connectivity index (χ0v) is 14.2. The Bertz CT molecular complexity index is 770. The van der Waals surface area contributed by atoms with Gasteiger partial charge in [-0.2, -0.15) is 5.10 Å². The van der Waals surface area contributed by atoms with Crippen LogP contribution < -0.4 is 10.9 Å². The molecule has 8 heteroatoms. The number of amides is 1. The molecule has 128 valence electrons. The molecule has 2 aromatic heterocycles. The summed E-state index contributed by atoms with van der Waals surface area (Å²) in [4.78, 5) is 36.2. The van der Waals surface area contributed by atoms with Gasteiger partial charge in [-0.15, -0.1) is 11.3 Å². The van der Waals surface area contributed by atoms with Gasteiger partial charge in [0.1, 0.15) is 18.3 Å². The number of carboxylic acids is 1. The van der Waals surface area contributed by atoms with Gasteiger partial charge >= 0.3 is 5.97 Å². The molecule has 0 aliphatic heterocycles. The Morgan fingerprint density at radius 3 is 2.71 bits per heavy atom. The van der Waals surface area contributed by atoms with Crippen LogP contribution in [-0.2, 0) is 16.1 Å². The van der Waals surface area contributed by atoms with E-state index in [9.17, 15) is 19.5 Å². The molecule has 0 saturated carbocycles. The van der Waals surface area contributed by atoms with Gasteiger partial charge in [0, 0.05) is 6.07 Å². The van der Waals surface area contributed by atoms with Crippen LogP contribution in [-0.4, -0.2) is 32.8 Å². The van der Waals surface area contributed by atoms with E-state index in [1.54, 1.807) is 13.0 Å². The van der Waals surface area contributed by atoms with Crippen LogP contribution in [0.15, 0.2) is 34.4 Å². The summed E-state index contributed by atoms with van der Waals surface area (Å²) in [6.07, 6.45) is 0.614. The quantitative estimate of drug-likeness (QED) is 0.790. The molecular formula is C16H19N3O4S. The predicted molar refractivity (Wildman–Crippen MR) is 90.8 cm³/mol. The van der Waals surface area contributed by atoms with Gasteiger partial charge in [-0.3, -0.25) is 9.59 Å². The number of carbonyl (C=O) groups excluding carboxylic acids is 1. The highest BCUT2D eigenvalue weighted by molar-refractivity contribution is 7.13. The molecule has 24 heavy (non-hydrogen) atoms. The van der Waals surface area contributed by atoms with Crippen LogP contribution in [0.2, 0.25) is 0 Å². The molecule has 7 nitrogen and oxygen atoms in total. The number of aliphatic carboxylic acids is 1. The number of nitrogens with one attached hydrogen (secondary N) is 1. The van der Waals surface area contributed by atoms with E-state index in [2.05, 4.69) is 10.4 Å². The Hall–Kier alpha value is -2.48. The maximum Gasteiger partial charge on any atom is 0.326 e. The van der Waals surface area contributed by atoms with Crippen molar-refractivity contribution in [3.8, 4) is 10.6 Å². The summed E-state index contributed by atoms with van der Waals surface area (Å²) in [5.41, 5.74) is 0.176. The third-order valence-corrected chi connectivity index (χ3v) is 4.62. The third kappa shape index (κ3) is 4.29. The van der Waals surface area contributed by atoms with E-state index >= 15 is 0 Å². The number of carboxylic acid groups (broad SMARTS) is 1. The monoisotopic (exact) mass is 349 g/mol. The molecular weight excluding hydrogens is 330 g/mol. The summed E-state index contributed by atoms with van der Waals surface area (Å²) in [7, 11) is 0. The molecule has 2 unspecified atom stereocenters. The summed E-state index contributed by atoms with van der Waals surface area (Å²) in [6.45, 7) is 3.28. The van der Waals surface area contributed by atoms with Crippen LogP contribution in [0.25, 0.3) is 10.6 Å². The average Bonchev–Trinajstić information content (AvgIpc) is 3.08. The topological polar surface area (TPSA) is 101 Å². The first-order chi connectivity index (χ1) is 11.4. The highest BCUT2D eigenvalue weighted by Gasteiger charge is 2.25. The molecule has 2 atom stereocenters. The molecule has 1 amide bonds. The minimum Gasteiger partial charge on any atom is -0.480 e. The van der Waals surface area contributed by atoms with Gasteiger partial charge in [-0.1, -0.05) is 26.3 Å². The van der Waals surface area contributed by atoms with Gasteiger partial charge in [-0.25, -0.2) is 9.48 Å². The van der Waals surface area contributed by atoms with E-state index in [0.717, 1.165) is 9.56 Å². The number of rotatable bonds is 7. The molecule has 2 aromatic rings. The zero-order chi connectivity index (χ0) is 17.7. The molecule has 0 aromatic carbocycles. The summed E-state index contributed by atoms with van der Waals surface area (Å²) >= 11 is 1.47. The fourth-order valence-electron chi connectivity index (χ4n) is 2.16. The number of thiophene rings is 1. The molecule has 0 saturated heterocycles. The van der Waals surface area contributed by atoms with E-state index < -0.39 is 23.5 Å². The summed E-state index contributed by atoms with van der Waals surface area (Å²) in [6, 6.07) is 5.69. The fourth-order valence-corrected chi connectivity index (χ4v) is 2.85. The lowest BCUT2D eigenvalue weighted by atomic mass is 9.99. The van der Waals surface area contributed by atoms with E-state index in [-0.39, 0.29) is 12.5 Å². The molecule has 2 heterocycles. The van der Waals surface area contributed by atoms with E-state index in [4.69, 9.17) is 0 Å². The second-order valence-electron chi connectivity index (χ2n) is 5.46. The van der Waals surface area contributed by atoms with Crippen molar-refractivity contribution in [1.29, 1.82) is 0 Å². The highest BCUT2D eigenvalue weighted by atomic mass is 32.1. The number of hydrogen-bond acceptors (Lipinski definition) is 5. The lowest BCUT2D eigenvalue weighted by Gasteiger charge is -2.20. The Morgan fingerprint density at radius 1 is 1.38 bits per heavy atom. The minimum atomic E-state index is -1.09. The van der Waals surface area contributed by atoms with Crippen LogP contribution in [0, 0.1) is 5.92 Å². The SMILES string of the molecule is CCC(C)C(NC(=O)Cn1nc(-c2cccs2)ccc1=O)C(=O)O. The molecule has 0 bridgehead atoms. The largest absolute Gasteiger partial charge is 0.480 e. The van der Waals surface area contributed by atoms with E-state index in [1.165, 1.54) is 17.4 Å². The standard InChI is InChI=1S/C16H19N3O4S/c1-3-10(2)15(16(22)23)17-13(20)9-19-14(21)7-6-11(18-19)12-5-4-8-24-12/h4-8,10,15H,3,9H2,1-2H3,(H,17,20)(H,22,23). The number of aromatic nitrogens is 2. The summed E-state index contributed by atoms with van der Waals surface area (Å²) < 4.78 is 1.04. The lowest BCUT2D eigenvalue weighted by molar-refractivity contribution is -0.143. The van der Waals surface area contributed by atoms with Crippen LogP contribution >= 0.6 is 11.3 Å². The van der Waals surface area contributed by atoms with Crippen molar-refractivity contribution in [2.45, 2.75) is 32.9 Å². The van der Waals surface area contributed by atoms with Crippen LogP contribution in [0.3, 0.4) is 0 Å². The van der Waals surface area contributed by atoms with Crippen molar-refractivity contribution in [3.63, 3.8) is 0 Å². The van der Waals surface area contributed by atoms with Gasteiger partial charge in [0.2, 0.25) is 5.91 Å². The molecule has 2 rings (SSSR count). The van der Waals surface area contributed by atoms with Crippen molar-refractivity contribution in [3.05, 3.63) is 40.0 Å². The van der Waals surface area contributed by atoms with E-state index in [1.807, 2.05) is 24.4 Å². The minimum absolute atomic E-state index is 0.214. The lowest BCUT2D eigenvalue weighted by Crippen LogP contribution is -2.47. The van der Waals surface area contributed by atoms with Gasteiger partial charge < -0.3 is 10.4 Å². The second kappa shape index (κ2) is 7.87. The summed E-state index contributed by atoms with van der Waals surface area (Å²) in [5.74, 6) is -1.86. The van der Waals surface area contributed by atoms with Crippen LogP contribution in [0.5, 0.6) is 0 Å². The molecule has 0 spiro atoms. The number of hydrogen-bond donors (Lipinski definition) is 2. The van der Waals surface area contributed by atoms with Crippen LogP contribution in [0.4, 0.5) is 0 Å². The Balaban J connectivity index is 2.15. The maximum atomic E-state index is 12.1. The maximum absolute atomic E-state index is 12.1. The molecule has 0 aliphatic rings. The predicted octanol–water partition coefficient (Wildman–Crippen LogP) is 1.59. The van der Waals surface area contributed by atoms with Crippen molar-refractivity contribution >= 4 is 23.2 Å². The van der Waals surface area contributed by atoms with Gasteiger partial charge in [0.05, 0.1) is 4.88 Å². The van der Waals surface area contributed by atoms with Gasteiger partial charge in [0.25, 0.3) is 5.56 Å². The Kier molecular flexibility index (Phi) is 5.86. The third-order valence-electron chi connectivity index (χ3n) is 3.73. The highest BCUT2D eigenvalue weighted by Crippen LogP contribution is 2.21. The first kappa shape index (κ1) is 17.9. The van der Waals surface area contributed by atoms with Crippen molar-refractivity contribution in [2.24, 2.45) is 5.92 Å². The second-order valence-corrected chi connectivity index (χ2v) is 6.41. The molecule has 2 N–H and O–H groups in total. The Morgan fingerprint density at radius 2 is 2.12 bits per heavy atom. The normalized spacial score (nSPS) is 13.2. The average molecular weight is 349 g/mol. The van der Waals surface area contributed by atoms with Crippen LogP contribution in [0.1, 0.15) is 20.3 Å². The fraction of sp³-hybridized carbons (Fsp3) is 0.375. The molecule has 0 fully saturated rings. The Labute approximate surface area is 142 Å². The van der Waals surface area contributed by atoms with Gasteiger partial charge in [-0.05, 0) is 23.4 Å². The molecule has 0 radical (unpaired) electrons. The first-order valence-electron chi connectivity index (χ1n) is 7.56.